The molecule has 1 heterocycles. The van der Waals surface area contributed by atoms with Crippen molar-refractivity contribution in [3.8, 4) is 5.75 Å². The van der Waals surface area contributed by atoms with Crippen molar-refractivity contribution in [2.45, 2.75) is 25.7 Å². The highest BCUT2D eigenvalue weighted by molar-refractivity contribution is 9.10. The Kier molecular flexibility index (Phi) is 5.99. The van der Waals surface area contributed by atoms with Crippen LogP contribution in [0, 0.1) is 0 Å². The molecule has 6 heteroatoms. The van der Waals surface area contributed by atoms with Crippen LogP contribution in [0.2, 0.25) is 0 Å². The molecule has 4 nitrogen and oxygen atoms in total. The highest BCUT2D eigenvalue weighted by atomic mass is 79.9. The van der Waals surface area contributed by atoms with Gasteiger partial charge in [0.1, 0.15) is 10.7 Å². The Morgan fingerprint density at radius 1 is 1.29 bits per heavy atom. The topological polar surface area (TPSA) is 55.6 Å². The lowest BCUT2D eigenvalue weighted by Gasteiger charge is -2.20. The zero-order chi connectivity index (χ0) is 15.2. The standard InChI is InChI=1S/C15H19BrN2O2S/c16-11-5-6-13(12(9-11)15(17)21)20-10-14(19)18-7-3-1-2-4-8-18/h5-6,9H,1-4,7-8,10H2,(H2,17,21). The number of carbonyl (C=O) groups excluding carboxylic acids is 1. The van der Waals surface area contributed by atoms with E-state index in [0.717, 1.165) is 30.4 Å². The van der Waals surface area contributed by atoms with Crippen LogP contribution >= 0.6 is 28.1 Å². The molecule has 1 aromatic carbocycles. The third-order valence-corrected chi connectivity index (χ3v) is 4.23. The molecule has 1 amide bonds. The third kappa shape index (κ3) is 4.68. The van der Waals surface area contributed by atoms with Crippen LogP contribution in [-0.2, 0) is 4.79 Å². The quantitative estimate of drug-likeness (QED) is 0.827. The molecule has 21 heavy (non-hydrogen) atoms. The van der Waals surface area contributed by atoms with E-state index in [1.165, 1.54) is 12.8 Å². The van der Waals surface area contributed by atoms with Gasteiger partial charge >= 0.3 is 0 Å². The van der Waals surface area contributed by atoms with Crippen molar-refractivity contribution < 1.29 is 9.53 Å². The normalized spacial score (nSPS) is 15.4. The van der Waals surface area contributed by atoms with E-state index in [-0.39, 0.29) is 17.5 Å². The maximum Gasteiger partial charge on any atom is 0.260 e. The van der Waals surface area contributed by atoms with Gasteiger partial charge in [-0.15, -0.1) is 0 Å². The Balaban J connectivity index is 1.99. The summed E-state index contributed by atoms with van der Waals surface area (Å²) >= 11 is 8.38. The lowest BCUT2D eigenvalue weighted by Crippen LogP contribution is -2.35. The molecule has 1 aliphatic heterocycles. The summed E-state index contributed by atoms with van der Waals surface area (Å²) in [7, 11) is 0. The van der Waals surface area contributed by atoms with E-state index in [4.69, 9.17) is 22.7 Å². The molecular weight excluding hydrogens is 352 g/mol. The van der Waals surface area contributed by atoms with Crippen molar-refractivity contribution in [3.05, 3.63) is 28.2 Å². The summed E-state index contributed by atoms with van der Waals surface area (Å²) in [6.07, 6.45) is 4.54. The van der Waals surface area contributed by atoms with Crippen LogP contribution in [0.15, 0.2) is 22.7 Å². The number of benzene rings is 1. The highest BCUT2D eigenvalue weighted by Gasteiger charge is 2.17. The SMILES string of the molecule is NC(=S)c1cc(Br)ccc1OCC(=O)N1CCCCCC1. The molecule has 0 bridgehead atoms. The van der Waals surface area contributed by atoms with Crippen molar-refractivity contribution in [2.75, 3.05) is 19.7 Å². The minimum Gasteiger partial charge on any atom is -0.483 e. The summed E-state index contributed by atoms with van der Waals surface area (Å²) in [6, 6.07) is 5.41. The van der Waals surface area contributed by atoms with Gasteiger partial charge in [0.05, 0.1) is 5.56 Å². The maximum absolute atomic E-state index is 12.2. The largest absolute Gasteiger partial charge is 0.483 e. The molecule has 0 saturated carbocycles. The fourth-order valence-corrected chi connectivity index (χ4v) is 2.89. The summed E-state index contributed by atoms with van der Waals surface area (Å²) in [5, 5.41) is 0. The van der Waals surface area contributed by atoms with Gasteiger partial charge in [-0.05, 0) is 31.0 Å². The lowest BCUT2D eigenvalue weighted by atomic mass is 10.2. The maximum atomic E-state index is 12.2. The van der Waals surface area contributed by atoms with Gasteiger partial charge in [-0.3, -0.25) is 4.79 Å². The van der Waals surface area contributed by atoms with Gasteiger partial charge in [-0.2, -0.15) is 0 Å². The number of amides is 1. The van der Waals surface area contributed by atoms with E-state index < -0.39 is 0 Å². The van der Waals surface area contributed by atoms with Crippen LogP contribution in [0.3, 0.4) is 0 Å². The molecule has 2 N–H and O–H groups in total. The van der Waals surface area contributed by atoms with E-state index in [2.05, 4.69) is 15.9 Å². The van der Waals surface area contributed by atoms with Crippen molar-refractivity contribution in [2.24, 2.45) is 5.73 Å². The molecule has 1 saturated heterocycles. The molecule has 2 rings (SSSR count). The second-order valence-electron chi connectivity index (χ2n) is 5.09. The Morgan fingerprint density at radius 3 is 2.57 bits per heavy atom. The fraction of sp³-hybridized carbons (Fsp3) is 0.467. The van der Waals surface area contributed by atoms with Gasteiger partial charge in [-0.1, -0.05) is 41.0 Å². The average Bonchev–Trinajstić information content (AvgIpc) is 2.74. The minimum absolute atomic E-state index is 0.0220. The second-order valence-corrected chi connectivity index (χ2v) is 6.44. The van der Waals surface area contributed by atoms with E-state index >= 15 is 0 Å². The molecule has 0 atom stereocenters. The first-order chi connectivity index (χ1) is 10.1. The molecule has 1 fully saturated rings. The first-order valence-electron chi connectivity index (χ1n) is 7.08. The highest BCUT2D eigenvalue weighted by Crippen LogP contribution is 2.23. The summed E-state index contributed by atoms with van der Waals surface area (Å²) in [5.74, 6) is 0.572. The molecule has 0 spiro atoms. The molecular formula is C15H19BrN2O2S. The molecule has 0 aliphatic carbocycles. The number of nitrogens with two attached hydrogens (primary N) is 1. The summed E-state index contributed by atoms with van der Waals surface area (Å²) in [4.78, 5) is 14.3. The number of thiocarbonyl (C=S) groups is 1. The number of likely N-dealkylation sites (tertiary alicyclic amines) is 1. The van der Waals surface area contributed by atoms with Crippen molar-refractivity contribution in [1.29, 1.82) is 0 Å². The van der Waals surface area contributed by atoms with Gasteiger partial charge in [0, 0.05) is 17.6 Å². The Morgan fingerprint density at radius 2 is 1.95 bits per heavy atom. The van der Waals surface area contributed by atoms with Gasteiger partial charge in [0.2, 0.25) is 0 Å². The first-order valence-corrected chi connectivity index (χ1v) is 8.28. The molecule has 0 radical (unpaired) electrons. The lowest BCUT2D eigenvalue weighted by molar-refractivity contribution is -0.133. The van der Waals surface area contributed by atoms with E-state index in [1.54, 1.807) is 12.1 Å². The van der Waals surface area contributed by atoms with Crippen LogP contribution in [0.4, 0.5) is 0 Å². The number of halogens is 1. The smallest absolute Gasteiger partial charge is 0.260 e. The molecule has 0 aromatic heterocycles. The number of hydrogen-bond acceptors (Lipinski definition) is 3. The minimum atomic E-state index is 0.0220. The summed E-state index contributed by atoms with van der Waals surface area (Å²) < 4.78 is 6.50. The number of hydrogen-bond donors (Lipinski definition) is 1. The van der Waals surface area contributed by atoms with Crippen molar-refractivity contribution >= 4 is 39.0 Å². The molecule has 1 aliphatic rings. The monoisotopic (exact) mass is 370 g/mol. The molecule has 0 unspecified atom stereocenters. The van der Waals surface area contributed by atoms with Crippen molar-refractivity contribution in [3.63, 3.8) is 0 Å². The van der Waals surface area contributed by atoms with E-state index in [0.29, 0.717) is 11.3 Å². The Labute approximate surface area is 138 Å². The predicted octanol–water partition coefficient (Wildman–Crippen LogP) is 2.86. The van der Waals surface area contributed by atoms with Crippen LogP contribution in [0.5, 0.6) is 5.75 Å². The molecule has 114 valence electrons. The fourth-order valence-electron chi connectivity index (χ4n) is 2.37. The van der Waals surface area contributed by atoms with Crippen LogP contribution in [0.25, 0.3) is 0 Å². The Hall–Kier alpha value is -1.14. The zero-order valence-electron chi connectivity index (χ0n) is 11.8. The Bertz CT molecular complexity index is 528. The van der Waals surface area contributed by atoms with E-state index in [9.17, 15) is 4.79 Å². The first kappa shape index (κ1) is 16.2. The van der Waals surface area contributed by atoms with Gasteiger partial charge < -0.3 is 15.4 Å². The van der Waals surface area contributed by atoms with Crippen molar-refractivity contribution in [1.82, 2.24) is 4.90 Å². The summed E-state index contributed by atoms with van der Waals surface area (Å²) in [6.45, 7) is 1.67. The number of rotatable bonds is 4. The van der Waals surface area contributed by atoms with Gasteiger partial charge in [0.25, 0.3) is 5.91 Å². The van der Waals surface area contributed by atoms with Crippen LogP contribution in [-0.4, -0.2) is 35.5 Å². The number of carbonyl (C=O) groups is 1. The van der Waals surface area contributed by atoms with Gasteiger partial charge in [0.15, 0.2) is 6.61 Å². The summed E-state index contributed by atoms with van der Waals surface area (Å²) in [5.41, 5.74) is 6.33. The van der Waals surface area contributed by atoms with Crippen LogP contribution < -0.4 is 10.5 Å². The van der Waals surface area contributed by atoms with E-state index in [1.807, 2.05) is 11.0 Å². The number of ether oxygens (including phenoxy) is 1. The van der Waals surface area contributed by atoms with Crippen LogP contribution in [0.1, 0.15) is 31.2 Å². The average molecular weight is 371 g/mol. The number of nitrogens with zero attached hydrogens (tertiary/aromatic N) is 1. The van der Waals surface area contributed by atoms with Gasteiger partial charge in [-0.25, -0.2) is 0 Å². The third-order valence-electron chi connectivity index (χ3n) is 3.52. The second kappa shape index (κ2) is 7.75. The predicted molar refractivity (Wildman–Crippen MR) is 90.6 cm³/mol. The molecule has 1 aromatic rings. The zero-order valence-corrected chi connectivity index (χ0v) is 14.2.